The van der Waals surface area contributed by atoms with Gasteiger partial charge in [0.2, 0.25) is 0 Å². The lowest BCUT2D eigenvalue weighted by Gasteiger charge is -2.28. The molecule has 1 aromatic rings. The number of hydrogen-bond acceptors (Lipinski definition) is 4. The van der Waals surface area contributed by atoms with E-state index >= 15 is 0 Å². The molecule has 4 heteroatoms. The summed E-state index contributed by atoms with van der Waals surface area (Å²) in [6.45, 7) is 4.08. The molecule has 2 aliphatic heterocycles. The highest BCUT2D eigenvalue weighted by atomic mass is 16.7. The lowest BCUT2D eigenvalue weighted by atomic mass is 10.1. The first-order valence-corrected chi connectivity index (χ1v) is 7.48. The van der Waals surface area contributed by atoms with Gasteiger partial charge < -0.3 is 19.1 Å². The molecule has 110 valence electrons. The number of piperidine rings is 1. The van der Waals surface area contributed by atoms with Crippen LogP contribution in [0, 0.1) is 0 Å². The largest absolute Gasteiger partial charge is 0.497 e. The summed E-state index contributed by atoms with van der Waals surface area (Å²) in [4.78, 5) is 2.49. The second-order valence-electron chi connectivity index (χ2n) is 5.56. The molecule has 2 atom stereocenters. The van der Waals surface area contributed by atoms with Gasteiger partial charge in [0.15, 0.2) is 6.29 Å². The normalized spacial score (nSPS) is 27.6. The molecule has 0 aliphatic carbocycles. The van der Waals surface area contributed by atoms with E-state index in [4.69, 9.17) is 14.2 Å². The van der Waals surface area contributed by atoms with Crippen molar-refractivity contribution in [3.05, 3.63) is 29.8 Å². The average molecular weight is 277 g/mol. The molecule has 0 radical (unpaired) electrons. The Morgan fingerprint density at radius 2 is 1.90 bits per heavy atom. The number of methoxy groups -OCH3 is 1. The SMILES string of the molecule is COc1ccc([C@H]2OC[C@H](CN3CCCCC3)O2)cc1. The van der Waals surface area contributed by atoms with Crippen LogP contribution in [0.5, 0.6) is 5.75 Å². The summed E-state index contributed by atoms with van der Waals surface area (Å²) >= 11 is 0. The standard InChI is InChI=1S/C16H23NO3/c1-18-14-7-5-13(6-8-14)16-19-12-15(20-16)11-17-9-3-2-4-10-17/h5-8,15-16H,2-4,9-12H2,1H3/t15-,16-/m0/s1. The molecular formula is C16H23NO3. The van der Waals surface area contributed by atoms with Crippen LogP contribution in [0.1, 0.15) is 31.1 Å². The fraction of sp³-hybridized carbons (Fsp3) is 0.625. The third-order valence-corrected chi connectivity index (χ3v) is 4.05. The van der Waals surface area contributed by atoms with E-state index in [0.717, 1.165) is 17.9 Å². The average Bonchev–Trinajstić information content (AvgIpc) is 2.97. The molecular weight excluding hydrogens is 254 g/mol. The topological polar surface area (TPSA) is 30.9 Å². The molecule has 0 N–H and O–H groups in total. The monoisotopic (exact) mass is 277 g/mol. The molecule has 3 rings (SSSR count). The first-order valence-electron chi connectivity index (χ1n) is 7.48. The second-order valence-corrected chi connectivity index (χ2v) is 5.56. The fourth-order valence-corrected chi connectivity index (χ4v) is 2.91. The van der Waals surface area contributed by atoms with Crippen molar-refractivity contribution < 1.29 is 14.2 Å². The van der Waals surface area contributed by atoms with E-state index < -0.39 is 0 Å². The lowest BCUT2D eigenvalue weighted by Crippen LogP contribution is -2.37. The third-order valence-electron chi connectivity index (χ3n) is 4.05. The molecule has 0 spiro atoms. The van der Waals surface area contributed by atoms with Crippen LogP contribution < -0.4 is 4.74 Å². The Kier molecular flexibility index (Phi) is 4.55. The van der Waals surface area contributed by atoms with Gasteiger partial charge in [0.1, 0.15) is 5.75 Å². The van der Waals surface area contributed by atoms with Crippen LogP contribution in [-0.2, 0) is 9.47 Å². The van der Waals surface area contributed by atoms with Gasteiger partial charge >= 0.3 is 0 Å². The maximum atomic E-state index is 6.02. The van der Waals surface area contributed by atoms with E-state index in [2.05, 4.69) is 4.90 Å². The van der Waals surface area contributed by atoms with Crippen molar-refractivity contribution in [3.8, 4) is 5.75 Å². The van der Waals surface area contributed by atoms with Gasteiger partial charge in [-0.25, -0.2) is 0 Å². The van der Waals surface area contributed by atoms with Crippen molar-refractivity contribution >= 4 is 0 Å². The van der Waals surface area contributed by atoms with E-state index in [1.54, 1.807) is 7.11 Å². The maximum absolute atomic E-state index is 6.02. The van der Waals surface area contributed by atoms with Gasteiger partial charge in [0, 0.05) is 12.1 Å². The summed E-state index contributed by atoms with van der Waals surface area (Å²) < 4.78 is 17.0. The highest BCUT2D eigenvalue weighted by Crippen LogP contribution is 2.28. The van der Waals surface area contributed by atoms with Crippen LogP contribution in [-0.4, -0.2) is 44.4 Å². The number of hydrogen-bond donors (Lipinski definition) is 0. The Morgan fingerprint density at radius 1 is 1.15 bits per heavy atom. The van der Waals surface area contributed by atoms with Gasteiger partial charge in [-0.15, -0.1) is 0 Å². The van der Waals surface area contributed by atoms with Crippen molar-refractivity contribution in [3.63, 3.8) is 0 Å². The van der Waals surface area contributed by atoms with E-state index in [1.165, 1.54) is 32.4 Å². The predicted molar refractivity (Wildman–Crippen MR) is 76.9 cm³/mol. The van der Waals surface area contributed by atoms with E-state index in [0.29, 0.717) is 6.61 Å². The van der Waals surface area contributed by atoms with Crippen molar-refractivity contribution in [1.82, 2.24) is 4.90 Å². The van der Waals surface area contributed by atoms with Crippen molar-refractivity contribution in [2.75, 3.05) is 33.4 Å². The number of ether oxygens (including phenoxy) is 3. The number of nitrogens with zero attached hydrogens (tertiary/aromatic N) is 1. The van der Waals surface area contributed by atoms with Crippen LogP contribution >= 0.6 is 0 Å². The first kappa shape index (κ1) is 13.9. The van der Waals surface area contributed by atoms with Gasteiger partial charge in [-0.1, -0.05) is 18.6 Å². The van der Waals surface area contributed by atoms with Crippen molar-refractivity contribution in [2.45, 2.75) is 31.7 Å². The molecule has 0 saturated carbocycles. The van der Waals surface area contributed by atoms with Gasteiger partial charge in [0.25, 0.3) is 0 Å². The zero-order chi connectivity index (χ0) is 13.8. The van der Waals surface area contributed by atoms with E-state index in [1.807, 2.05) is 24.3 Å². The van der Waals surface area contributed by atoms with Gasteiger partial charge in [-0.2, -0.15) is 0 Å². The highest BCUT2D eigenvalue weighted by molar-refractivity contribution is 5.28. The quantitative estimate of drug-likeness (QED) is 0.846. The molecule has 20 heavy (non-hydrogen) atoms. The number of benzene rings is 1. The summed E-state index contributed by atoms with van der Waals surface area (Å²) in [5, 5.41) is 0. The smallest absolute Gasteiger partial charge is 0.184 e. The number of likely N-dealkylation sites (tertiary alicyclic amines) is 1. The van der Waals surface area contributed by atoms with Crippen LogP contribution in [0.3, 0.4) is 0 Å². The van der Waals surface area contributed by atoms with E-state index in [9.17, 15) is 0 Å². The van der Waals surface area contributed by atoms with Crippen LogP contribution in [0.25, 0.3) is 0 Å². The minimum absolute atomic E-state index is 0.195. The molecule has 0 bridgehead atoms. The molecule has 2 saturated heterocycles. The zero-order valence-electron chi connectivity index (χ0n) is 12.1. The second kappa shape index (κ2) is 6.57. The Labute approximate surface area is 120 Å². The molecule has 0 amide bonds. The van der Waals surface area contributed by atoms with Crippen molar-refractivity contribution in [2.24, 2.45) is 0 Å². The summed E-state index contributed by atoms with van der Waals surface area (Å²) in [6.07, 6.45) is 3.97. The Balaban J connectivity index is 1.52. The minimum Gasteiger partial charge on any atom is -0.497 e. The summed E-state index contributed by atoms with van der Waals surface area (Å²) in [6, 6.07) is 7.90. The fourth-order valence-electron chi connectivity index (χ4n) is 2.91. The first-order chi connectivity index (χ1) is 9.85. The van der Waals surface area contributed by atoms with Gasteiger partial charge in [-0.3, -0.25) is 0 Å². The summed E-state index contributed by atoms with van der Waals surface area (Å²) in [5.74, 6) is 0.858. The Hall–Kier alpha value is -1.10. The summed E-state index contributed by atoms with van der Waals surface area (Å²) in [7, 11) is 1.67. The molecule has 2 fully saturated rings. The minimum atomic E-state index is -0.226. The number of rotatable bonds is 4. The third kappa shape index (κ3) is 3.32. The molecule has 2 heterocycles. The van der Waals surface area contributed by atoms with E-state index in [-0.39, 0.29) is 12.4 Å². The maximum Gasteiger partial charge on any atom is 0.184 e. The predicted octanol–water partition coefficient (Wildman–Crippen LogP) is 2.60. The highest BCUT2D eigenvalue weighted by Gasteiger charge is 2.29. The zero-order valence-corrected chi connectivity index (χ0v) is 12.1. The molecule has 2 aliphatic rings. The Morgan fingerprint density at radius 3 is 2.60 bits per heavy atom. The molecule has 0 unspecified atom stereocenters. The molecule has 1 aromatic carbocycles. The summed E-state index contributed by atoms with van der Waals surface area (Å²) in [5.41, 5.74) is 1.06. The van der Waals surface area contributed by atoms with Gasteiger partial charge in [-0.05, 0) is 38.1 Å². The van der Waals surface area contributed by atoms with Crippen LogP contribution in [0.15, 0.2) is 24.3 Å². The lowest BCUT2D eigenvalue weighted by molar-refractivity contribution is -0.0648. The van der Waals surface area contributed by atoms with Gasteiger partial charge in [0.05, 0.1) is 19.8 Å². The van der Waals surface area contributed by atoms with Crippen LogP contribution in [0.4, 0.5) is 0 Å². The molecule has 4 nitrogen and oxygen atoms in total. The van der Waals surface area contributed by atoms with Crippen LogP contribution in [0.2, 0.25) is 0 Å². The molecule has 0 aromatic heterocycles. The van der Waals surface area contributed by atoms with Crippen molar-refractivity contribution in [1.29, 1.82) is 0 Å². The Bertz CT molecular complexity index is 414.